The fourth-order valence-corrected chi connectivity index (χ4v) is 3.59. The molecule has 0 aliphatic carbocycles. The zero-order valence-electron chi connectivity index (χ0n) is 14.1. The second kappa shape index (κ2) is 8.09. The molecule has 124 valence electrons. The molecule has 0 atom stereocenters. The Morgan fingerprint density at radius 1 is 1.32 bits per heavy atom. The maximum atomic E-state index is 12.0. The molecule has 1 amide bonds. The molecule has 1 saturated heterocycles. The lowest BCUT2D eigenvalue weighted by Crippen LogP contribution is -2.58. The molecule has 0 spiro atoms. The van der Waals surface area contributed by atoms with E-state index >= 15 is 0 Å². The number of likely N-dealkylation sites (N-methyl/N-ethyl adjacent to an activating group) is 1. The van der Waals surface area contributed by atoms with Gasteiger partial charge in [-0.3, -0.25) is 9.69 Å². The second-order valence-corrected chi connectivity index (χ2v) is 7.62. The maximum absolute atomic E-state index is 12.0. The van der Waals surface area contributed by atoms with Crippen LogP contribution in [-0.4, -0.2) is 60.5 Å². The summed E-state index contributed by atoms with van der Waals surface area (Å²) in [5.41, 5.74) is 0.0262. The lowest BCUT2D eigenvalue weighted by atomic mass is 10.0. The van der Waals surface area contributed by atoms with Gasteiger partial charge in [-0.05, 0) is 38.3 Å². The van der Waals surface area contributed by atoms with Gasteiger partial charge in [-0.25, -0.2) is 0 Å². The fraction of sp³-hybridized carbons (Fsp3) is 0.706. The first-order valence-corrected chi connectivity index (χ1v) is 9.16. The van der Waals surface area contributed by atoms with E-state index in [1.165, 1.54) is 4.88 Å². The summed E-state index contributed by atoms with van der Waals surface area (Å²) >= 11 is 1.72. The van der Waals surface area contributed by atoms with Crippen molar-refractivity contribution in [1.82, 2.24) is 15.1 Å². The Balaban J connectivity index is 1.71. The quantitative estimate of drug-likeness (QED) is 0.836. The maximum Gasteiger partial charge on any atom is 0.220 e. The highest BCUT2D eigenvalue weighted by atomic mass is 32.1. The van der Waals surface area contributed by atoms with Crippen LogP contribution in [0.4, 0.5) is 0 Å². The Morgan fingerprint density at radius 3 is 2.64 bits per heavy atom. The summed E-state index contributed by atoms with van der Waals surface area (Å²) in [5, 5.41) is 5.18. The normalized spacial score (nSPS) is 17.6. The zero-order chi connectivity index (χ0) is 16.0. The van der Waals surface area contributed by atoms with Crippen LogP contribution in [0.2, 0.25) is 0 Å². The Kier molecular flexibility index (Phi) is 6.41. The first-order chi connectivity index (χ1) is 10.5. The summed E-state index contributed by atoms with van der Waals surface area (Å²) in [5.74, 6) is 0.161. The van der Waals surface area contributed by atoms with Gasteiger partial charge >= 0.3 is 0 Å². The summed E-state index contributed by atoms with van der Waals surface area (Å²) in [6, 6.07) is 4.13. The number of aryl methyl sites for hydroxylation is 1. The summed E-state index contributed by atoms with van der Waals surface area (Å²) < 4.78 is 0. The molecule has 5 heteroatoms. The predicted molar refractivity (Wildman–Crippen MR) is 93.4 cm³/mol. The standard InChI is InChI=1S/C17H29N3OS/c1-4-19-9-11-20(12-10-19)17(2,3)14-18-16(21)8-7-15-6-5-13-22-15/h5-6,13H,4,7-12,14H2,1-3H3,(H,18,21). The second-order valence-electron chi connectivity index (χ2n) is 6.59. The molecule has 0 radical (unpaired) electrons. The molecule has 1 N–H and O–H groups in total. The van der Waals surface area contributed by atoms with Gasteiger partial charge < -0.3 is 10.2 Å². The molecule has 1 aliphatic heterocycles. The van der Waals surface area contributed by atoms with E-state index in [0.29, 0.717) is 6.42 Å². The van der Waals surface area contributed by atoms with E-state index in [0.717, 1.165) is 45.7 Å². The first-order valence-electron chi connectivity index (χ1n) is 8.28. The number of nitrogens with zero attached hydrogens (tertiary/aromatic N) is 2. The summed E-state index contributed by atoms with van der Waals surface area (Å²) in [4.78, 5) is 18.3. The number of amides is 1. The van der Waals surface area contributed by atoms with Crippen LogP contribution < -0.4 is 5.32 Å². The Morgan fingerprint density at radius 2 is 2.05 bits per heavy atom. The Hall–Kier alpha value is -0.910. The van der Waals surface area contributed by atoms with E-state index in [1.807, 2.05) is 6.07 Å². The van der Waals surface area contributed by atoms with Crippen LogP contribution in [0.3, 0.4) is 0 Å². The minimum absolute atomic E-state index is 0.0262. The van der Waals surface area contributed by atoms with Crippen molar-refractivity contribution >= 4 is 17.2 Å². The summed E-state index contributed by atoms with van der Waals surface area (Å²) in [7, 11) is 0. The van der Waals surface area contributed by atoms with Crippen molar-refractivity contribution in [2.45, 2.75) is 39.2 Å². The molecule has 0 unspecified atom stereocenters. The van der Waals surface area contributed by atoms with E-state index in [2.05, 4.69) is 47.3 Å². The van der Waals surface area contributed by atoms with Crippen molar-refractivity contribution in [3.05, 3.63) is 22.4 Å². The molecule has 2 heterocycles. The van der Waals surface area contributed by atoms with Crippen molar-refractivity contribution in [3.8, 4) is 0 Å². The number of thiophene rings is 1. The number of hydrogen-bond donors (Lipinski definition) is 1. The zero-order valence-corrected chi connectivity index (χ0v) is 14.9. The van der Waals surface area contributed by atoms with Crippen LogP contribution >= 0.6 is 11.3 Å². The van der Waals surface area contributed by atoms with Crippen molar-refractivity contribution in [2.24, 2.45) is 0 Å². The lowest BCUT2D eigenvalue weighted by Gasteiger charge is -2.44. The SMILES string of the molecule is CCN1CCN(C(C)(C)CNC(=O)CCc2cccs2)CC1. The predicted octanol–water partition coefficient (Wildman–Crippen LogP) is 2.21. The minimum Gasteiger partial charge on any atom is -0.354 e. The molecule has 0 aromatic carbocycles. The fourth-order valence-electron chi connectivity index (χ4n) is 2.88. The molecule has 0 bridgehead atoms. The van der Waals surface area contributed by atoms with Gasteiger partial charge in [-0.2, -0.15) is 0 Å². The highest BCUT2D eigenvalue weighted by Crippen LogP contribution is 2.16. The van der Waals surface area contributed by atoms with Crippen LogP contribution in [0.1, 0.15) is 32.1 Å². The Labute approximate surface area is 138 Å². The van der Waals surface area contributed by atoms with Gasteiger partial charge in [0.2, 0.25) is 5.91 Å². The molecule has 1 aromatic heterocycles. The topological polar surface area (TPSA) is 35.6 Å². The van der Waals surface area contributed by atoms with Crippen molar-refractivity contribution < 1.29 is 4.79 Å². The molecule has 1 aliphatic rings. The molecular weight excluding hydrogens is 294 g/mol. The van der Waals surface area contributed by atoms with E-state index in [1.54, 1.807) is 11.3 Å². The van der Waals surface area contributed by atoms with Gasteiger partial charge in [-0.1, -0.05) is 13.0 Å². The molecule has 0 saturated carbocycles. The number of carbonyl (C=O) groups is 1. The van der Waals surface area contributed by atoms with Gasteiger partial charge in [0.05, 0.1) is 0 Å². The highest BCUT2D eigenvalue weighted by molar-refractivity contribution is 7.09. The molecule has 4 nitrogen and oxygen atoms in total. The van der Waals surface area contributed by atoms with Crippen molar-refractivity contribution in [2.75, 3.05) is 39.3 Å². The van der Waals surface area contributed by atoms with Gasteiger partial charge in [-0.15, -0.1) is 11.3 Å². The van der Waals surface area contributed by atoms with Gasteiger partial charge in [0, 0.05) is 49.6 Å². The van der Waals surface area contributed by atoms with E-state index < -0.39 is 0 Å². The summed E-state index contributed by atoms with van der Waals surface area (Å²) in [6.45, 7) is 13.0. The van der Waals surface area contributed by atoms with E-state index in [4.69, 9.17) is 0 Å². The molecule has 1 fully saturated rings. The number of rotatable bonds is 7. The van der Waals surface area contributed by atoms with Gasteiger partial charge in [0.1, 0.15) is 0 Å². The average molecular weight is 324 g/mol. The average Bonchev–Trinajstić information content (AvgIpc) is 3.04. The molecule has 22 heavy (non-hydrogen) atoms. The van der Waals surface area contributed by atoms with Gasteiger partial charge in [0.25, 0.3) is 0 Å². The van der Waals surface area contributed by atoms with Crippen LogP contribution in [-0.2, 0) is 11.2 Å². The van der Waals surface area contributed by atoms with Crippen molar-refractivity contribution in [3.63, 3.8) is 0 Å². The third kappa shape index (κ3) is 5.07. The van der Waals surface area contributed by atoms with E-state index in [9.17, 15) is 4.79 Å². The monoisotopic (exact) mass is 323 g/mol. The largest absolute Gasteiger partial charge is 0.354 e. The number of carbonyl (C=O) groups excluding carboxylic acids is 1. The number of piperazine rings is 1. The molecule has 2 rings (SSSR count). The summed E-state index contributed by atoms with van der Waals surface area (Å²) in [6.07, 6.45) is 1.43. The Bertz CT molecular complexity index is 450. The first kappa shape index (κ1) is 17.4. The lowest BCUT2D eigenvalue weighted by molar-refractivity contribution is -0.121. The van der Waals surface area contributed by atoms with Gasteiger partial charge in [0.15, 0.2) is 0 Å². The number of hydrogen-bond acceptors (Lipinski definition) is 4. The number of nitrogens with one attached hydrogen (secondary N) is 1. The third-order valence-corrected chi connectivity index (χ3v) is 5.51. The van der Waals surface area contributed by atoms with Crippen LogP contribution in [0, 0.1) is 0 Å². The van der Waals surface area contributed by atoms with Crippen LogP contribution in [0.15, 0.2) is 17.5 Å². The smallest absolute Gasteiger partial charge is 0.220 e. The van der Waals surface area contributed by atoms with Crippen LogP contribution in [0.5, 0.6) is 0 Å². The van der Waals surface area contributed by atoms with E-state index in [-0.39, 0.29) is 11.4 Å². The van der Waals surface area contributed by atoms with Crippen LogP contribution in [0.25, 0.3) is 0 Å². The minimum atomic E-state index is 0.0262. The molecular formula is C17H29N3OS. The third-order valence-electron chi connectivity index (χ3n) is 4.57. The van der Waals surface area contributed by atoms with Crippen molar-refractivity contribution in [1.29, 1.82) is 0 Å². The highest BCUT2D eigenvalue weighted by Gasteiger charge is 2.29. The molecule has 1 aromatic rings.